The molecule has 2 N–H and O–H groups in total. The number of rotatable bonds is 5. The predicted molar refractivity (Wildman–Crippen MR) is 83.3 cm³/mol. The Morgan fingerprint density at radius 1 is 1.17 bits per heavy atom. The summed E-state index contributed by atoms with van der Waals surface area (Å²) in [4.78, 5) is 11.8. The van der Waals surface area contributed by atoms with Crippen LogP contribution in [-0.4, -0.2) is 19.0 Å². The molecule has 0 saturated carbocycles. The molecule has 118 valence electrons. The van der Waals surface area contributed by atoms with E-state index >= 15 is 0 Å². The van der Waals surface area contributed by atoms with E-state index in [2.05, 4.69) is 10.6 Å². The maximum absolute atomic E-state index is 13.4. The van der Waals surface area contributed by atoms with Crippen LogP contribution in [0.4, 0.5) is 14.5 Å². The predicted octanol–water partition coefficient (Wildman–Crippen LogP) is 3.33. The highest BCUT2D eigenvalue weighted by molar-refractivity contribution is 6.32. The van der Waals surface area contributed by atoms with Crippen LogP contribution in [0.3, 0.4) is 0 Å². The Morgan fingerprint density at radius 2 is 1.87 bits per heavy atom. The summed E-state index contributed by atoms with van der Waals surface area (Å²) >= 11 is 5.89. The van der Waals surface area contributed by atoms with E-state index in [-0.39, 0.29) is 6.54 Å². The van der Waals surface area contributed by atoms with Crippen molar-refractivity contribution in [2.75, 3.05) is 18.4 Å². The molecular weight excluding hydrogens is 324 g/mol. The number of nitrogens with zero attached hydrogens (tertiary/aromatic N) is 1. The molecule has 4 nitrogen and oxygen atoms in total. The average Bonchev–Trinajstić information content (AvgIpc) is 2.51. The second kappa shape index (κ2) is 7.56. The molecule has 0 radical (unpaired) electrons. The maximum Gasteiger partial charge on any atom is 0.257 e. The topological polar surface area (TPSA) is 64.9 Å². The summed E-state index contributed by atoms with van der Waals surface area (Å²) in [6.07, 6.45) is 0. The largest absolute Gasteiger partial charge is 0.383 e. The quantitative estimate of drug-likeness (QED) is 0.824. The Hall–Kier alpha value is -2.65. The number of hydrogen-bond donors (Lipinski definition) is 2. The van der Waals surface area contributed by atoms with E-state index in [1.807, 2.05) is 6.07 Å². The monoisotopic (exact) mass is 335 g/mol. The molecule has 0 aromatic heterocycles. The lowest BCUT2D eigenvalue weighted by molar-refractivity contribution is 0.0947. The van der Waals surface area contributed by atoms with Gasteiger partial charge in [-0.1, -0.05) is 17.7 Å². The minimum atomic E-state index is -0.908. The number of carbonyl (C=O) groups is 1. The third-order valence-electron chi connectivity index (χ3n) is 3.02. The molecule has 1 amide bonds. The molecule has 0 aliphatic heterocycles. The Bertz CT molecular complexity index is 754. The SMILES string of the molecule is N#Cc1ccc(NCCNC(=O)c2c(F)cccc2F)cc1Cl. The first-order valence-corrected chi connectivity index (χ1v) is 7.06. The van der Waals surface area contributed by atoms with Crippen molar-refractivity contribution in [1.29, 1.82) is 5.26 Å². The second-order valence-electron chi connectivity index (χ2n) is 4.59. The molecule has 2 aromatic rings. The Balaban J connectivity index is 1.87. The van der Waals surface area contributed by atoms with E-state index in [1.54, 1.807) is 18.2 Å². The Kier molecular flexibility index (Phi) is 5.50. The lowest BCUT2D eigenvalue weighted by Gasteiger charge is -2.09. The van der Waals surface area contributed by atoms with Crippen LogP contribution in [-0.2, 0) is 0 Å². The van der Waals surface area contributed by atoms with Crippen molar-refractivity contribution in [2.24, 2.45) is 0 Å². The number of nitriles is 1. The van der Waals surface area contributed by atoms with Crippen molar-refractivity contribution in [1.82, 2.24) is 5.32 Å². The molecule has 0 fully saturated rings. The molecule has 0 atom stereocenters. The maximum atomic E-state index is 13.4. The van der Waals surface area contributed by atoms with Crippen LogP contribution >= 0.6 is 11.6 Å². The summed E-state index contributed by atoms with van der Waals surface area (Å²) in [5.74, 6) is -2.64. The molecule has 0 spiro atoms. The van der Waals surface area contributed by atoms with Gasteiger partial charge in [-0.05, 0) is 30.3 Å². The van der Waals surface area contributed by atoms with Crippen molar-refractivity contribution < 1.29 is 13.6 Å². The number of carbonyl (C=O) groups excluding carboxylic acids is 1. The fraction of sp³-hybridized carbons (Fsp3) is 0.125. The molecule has 2 aromatic carbocycles. The minimum Gasteiger partial charge on any atom is -0.383 e. The van der Waals surface area contributed by atoms with Gasteiger partial charge in [0.05, 0.1) is 10.6 Å². The highest BCUT2D eigenvalue weighted by Crippen LogP contribution is 2.19. The van der Waals surface area contributed by atoms with Crippen molar-refractivity contribution in [2.45, 2.75) is 0 Å². The van der Waals surface area contributed by atoms with Gasteiger partial charge in [0, 0.05) is 18.8 Å². The molecule has 7 heteroatoms. The van der Waals surface area contributed by atoms with E-state index in [1.165, 1.54) is 6.07 Å². The lowest BCUT2D eigenvalue weighted by Crippen LogP contribution is -2.30. The highest BCUT2D eigenvalue weighted by atomic mass is 35.5. The standard InChI is InChI=1S/C16H12ClF2N3O/c17-12-8-11(5-4-10(12)9-20)21-6-7-22-16(23)15-13(18)2-1-3-14(15)19/h1-5,8,21H,6-7H2,(H,22,23). The summed E-state index contributed by atoms with van der Waals surface area (Å²) in [6.45, 7) is 0.480. The first-order valence-electron chi connectivity index (χ1n) is 6.68. The van der Waals surface area contributed by atoms with Gasteiger partial charge >= 0.3 is 0 Å². The van der Waals surface area contributed by atoms with E-state index in [4.69, 9.17) is 16.9 Å². The normalized spacial score (nSPS) is 10.0. The summed E-state index contributed by atoms with van der Waals surface area (Å²) in [7, 11) is 0. The van der Waals surface area contributed by atoms with Gasteiger partial charge in [0.2, 0.25) is 0 Å². The third-order valence-corrected chi connectivity index (χ3v) is 3.33. The van der Waals surface area contributed by atoms with E-state index in [0.29, 0.717) is 22.8 Å². The molecule has 0 saturated heterocycles. The van der Waals surface area contributed by atoms with Gasteiger partial charge in [0.25, 0.3) is 5.91 Å². The molecule has 0 aliphatic carbocycles. The number of hydrogen-bond acceptors (Lipinski definition) is 3. The summed E-state index contributed by atoms with van der Waals surface area (Å²) in [5, 5.41) is 14.5. The van der Waals surface area contributed by atoms with Gasteiger partial charge in [-0.25, -0.2) is 8.78 Å². The van der Waals surface area contributed by atoms with Crippen LogP contribution in [0.2, 0.25) is 5.02 Å². The van der Waals surface area contributed by atoms with Gasteiger partial charge in [-0.3, -0.25) is 4.79 Å². The molecule has 0 heterocycles. The molecule has 2 rings (SSSR count). The van der Waals surface area contributed by atoms with Crippen molar-refractivity contribution in [3.63, 3.8) is 0 Å². The van der Waals surface area contributed by atoms with E-state index in [9.17, 15) is 13.6 Å². The average molecular weight is 336 g/mol. The lowest BCUT2D eigenvalue weighted by atomic mass is 10.2. The Labute approximate surface area is 136 Å². The van der Waals surface area contributed by atoms with E-state index in [0.717, 1.165) is 12.1 Å². The molecule has 0 bridgehead atoms. The van der Waals surface area contributed by atoms with Gasteiger partial charge in [-0.15, -0.1) is 0 Å². The highest BCUT2D eigenvalue weighted by Gasteiger charge is 2.16. The van der Waals surface area contributed by atoms with Crippen LogP contribution in [0.25, 0.3) is 0 Å². The third kappa shape index (κ3) is 4.18. The number of halogens is 3. The van der Waals surface area contributed by atoms with Gasteiger partial charge < -0.3 is 10.6 Å². The van der Waals surface area contributed by atoms with Gasteiger partial charge in [0.15, 0.2) is 0 Å². The van der Waals surface area contributed by atoms with Crippen LogP contribution in [0.15, 0.2) is 36.4 Å². The first-order chi connectivity index (χ1) is 11.0. The summed E-state index contributed by atoms with van der Waals surface area (Å²) in [6, 6.07) is 10.0. The molecule has 0 aliphatic rings. The fourth-order valence-corrected chi connectivity index (χ4v) is 2.12. The zero-order valence-electron chi connectivity index (χ0n) is 11.9. The fourth-order valence-electron chi connectivity index (χ4n) is 1.90. The Morgan fingerprint density at radius 3 is 2.48 bits per heavy atom. The zero-order valence-corrected chi connectivity index (χ0v) is 12.6. The molecule has 23 heavy (non-hydrogen) atoms. The number of benzene rings is 2. The van der Waals surface area contributed by atoms with Crippen LogP contribution in [0, 0.1) is 23.0 Å². The molecular formula is C16H12ClF2N3O. The zero-order chi connectivity index (χ0) is 16.8. The number of amides is 1. The minimum absolute atomic E-state index is 0.157. The van der Waals surface area contributed by atoms with Crippen molar-refractivity contribution in [3.05, 3.63) is 64.2 Å². The van der Waals surface area contributed by atoms with Crippen LogP contribution < -0.4 is 10.6 Å². The van der Waals surface area contributed by atoms with Crippen molar-refractivity contribution in [3.8, 4) is 6.07 Å². The van der Waals surface area contributed by atoms with Gasteiger partial charge in [-0.2, -0.15) is 5.26 Å². The number of nitrogens with one attached hydrogen (secondary N) is 2. The van der Waals surface area contributed by atoms with Crippen LogP contribution in [0.5, 0.6) is 0 Å². The summed E-state index contributed by atoms with van der Waals surface area (Å²) in [5.41, 5.74) is 0.426. The van der Waals surface area contributed by atoms with E-state index < -0.39 is 23.1 Å². The van der Waals surface area contributed by atoms with Crippen molar-refractivity contribution >= 4 is 23.2 Å². The second-order valence-corrected chi connectivity index (χ2v) is 4.99. The summed E-state index contributed by atoms with van der Waals surface area (Å²) < 4.78 is 26.9. The first kappa shape index (κ1) is 16.7. The van der Waals surface area contributed by atoms with Gasteiger partial charge in [0.1, 0.15) is 23.3 Å². The molecule has 0 unspecified atom stereocenters. The van der Waals surface area contributed by atoms with Crippen LogP contribution in [0.1, 0.15) is 15.9 Å². The smallest absolute Gasteiger partial charge is 0.257 e. The number of anilines is 1.